The second kappa shape index (κ2) is 4.83. The van der Waals surface area contributed by atoms with E-state index in [0.717, 1.165) is 25.0 Å². The minimum absolute atomic E-state index is 0.344. The van der Waals surface area contributed by atoms with Gasteiger partial charge in [-0.25, -0.2) is 0 Å². The maximum atomic E-state index is 5.57. The van der Waals surface area contributed by atoms with Gasteiger partial charge < -0.3 is 9.47 Å². The Balaban J connectivity index is 2.30. The zero-order valence-corrected chi connectivity index (χ0v) is 8.38. The van der Waals surface area contributed by atoms with Gasteiger partial charge in [-0.15, -0.1) is 0 Å². The van der Waals surface area contributed by atoms with E-state index in [1.165, 1.54) is 12.8 Å². The lowest BCUT2D eigenvalue weighted by Crippen LogP contribution is -2.31. The highest BCUT2D eigenvalue weighted by molar-refractivity contribution is 4.73. The number of hydrogen-bond acceptors (Lipinski definition) is 2. The van der Waals surface area contributed by atoms with E-state index in [1.807, 2.05) is 0 Å². The van der Waals surface area contributed by atoms with Crippen LogP contribution < -0.4 is 0 Å². The van der Waals surface area contributed by atoms with E-state index in [0.29, 0.717) is 6.10 Å². The Kier molecular flexibility index (Phi) is 4.02. The van der Waals surface area contributed by atoms with Gasteiger partial charge in [0.2, 0.25) is 0 Å². The molecule has 0 aromatic heterocycles. The van der Waals surface area contributed by atoms with Gasteiger partial charge >= 0.3 is 0 Å². The maximum absolute atomic E-state index is 5.57. The fraction of sp³-hybridized carbons (Fsp3) is 1.00. The molecule has 2 heteroatoms. The number of ether oxygens (including phenoxy) is 2. The van der Waals surface area contributed by atoms with Crippen LogP contribution in [-0.2, 0) is 9.47 Å². The first-order valence-corrected chi connectivity index (χ1v) is 4.84. The molecule has 0 aliphatic carbocycles. The highest BCUT2D eigenvalue weighted by Gasteiger charge is 2.24. The number of rotatable bonds is 3. The third-order valence-corrected chi connectivity index (χ3v) is 2.70. The normalized spacial score (nSPS) is 31.0. The zero-order valence-electron chi connectivity index (χ0n) is 8.38. The van der Waals surface area contributed by atoms with Crippen molar-refractivity contribution in [1.29, 1.82) is 0 Å². The van der Waals surface area contributed by atoms with Crippen LogP contribution in [0.1, 0.15) is 26.7 Å². The molecule has 0 bridgehead atoms. The van der Waals surface area contributed by atoms with Gasteiger partial charge in [0, 0.05) is 13.7 Å². The summed E-state index contributed by atoms with van der Waals surface area (Å²) in [7, 11) is 1.74. The first-order chi connectivity index (χ1) is 5.74. The first kappa shape index (κ1) is 10.0. The van der Waals surface area contributed by atoms with Crippen molar-refractivity contribution in [2.45, 2.75) is 32.8 Å². The summed E-state index contributed by atoms with van der Waals surface area (Å²) < 4.78 is 10.7. The zero-order chi connectivity index (χ0) is 8.97. The van der Waals surface area contributed by atoms with Gasteiger partial charge in [0.15, 0.2) is 0 Å². The molecule has 0 aromatic rings. The van der Waals surface area contributed by atoms with E-state index in [9.17, 15) is 0 Å². The van der Waals surface area contributed by atoms with E-state index in [2.05, 4.69) is 13.8 Å². The Labute approximate surface area is 75.2 Å². The molecule has 1 aliphatic rings. The lowest BCUT2D eigenvalue weighted by Gasteiger charge is -2.31. The largest absolute Gasteiger partial charge is 0.382 e. The molecular weight excluding hydrogens is 152 g/mol. The van der Waals surface area contributed by atoms with Crippen molar-refractivity contribution < 1.29 is 9.47 Å². The summed E-state index contributed by atoms with van der Waals surface area (Å²) in [6, 6.07) is 0. The molecule has 1 heterocycles. The van der Waals surface area contributed by atoms with Crippen molar-refractivity contribution in [3.8, 4) is 0 Å². The van der Waals surface area contributed by atoms with Crippen molar-refractivity contribution in [3.05, 3.63) is 0 Å². The van der Waals surface area contributed by atoms with Crippen LogP contribution in [0.2, 0.25) is 0 Å². The van der Waals surface area contributed by atoms with Crippen LogP contribution in [0.5, 0.6) is 0 Å². The quantitative estimate of drug-likeness (QED) is 0.649. The second-order valence-electron chi connectivity index (χ2n) is 3.98. The molecule has 12 heavy (non-hydrogen) atoms. The topological polar surface area (TPSA) is 18.5 Å². The van der Waals surface area contributed by atoms with Crippen molar-refractivity contribution in [2.24, 2.45) is 11.8 Å². The summed E-state index contributed by atoms with van der Waals surface area (Å²) in [5.41, 5.74) is 0. The molecular formula is C10H20O2. The standard InChI is InChI=1S/C10H20O2/c1-8(2)9-4-5-12-10(6-9)7-11-3/h8-10H,4-7H2,1-3H3. The van der Waals surface area contributed by atoms with Gasteiger partial charge in [-0.1, -0.05) is 13.8 Å². The molecule has 1 rings (SSSR count). The van der Waals surface area contributed by atoms with Crippen LogP contribution in [0.4, 0.5) is 0 Å². The van der Waals surface area contributed by atoms with E-state index >= 15 is 0 Å². The second-order valence-corrected chi connectivity index (χ2v) is 3.98. The Bertz CT molecular complexity index is 121. The van der Waals surface area contributed by atoms with Crippen molar-refractivity contribution in [2.75, 3.05) is 20.3 Å². The Morgan fingerprint density at radius 3 is 2.83 bits per heavy atom. The monoisotopic (exact) mass is 172 g/mol. The summed E-state index contributed by atoms with van der Waals surface area (Å²) in [5, 5.41) is 0. The molecule has 2 nitrogen and oxygen atoms in total. The molecule has 0 N–H and O–H groups in total. The maximum Gasteiger partial charge on any atom is 0.0811 e. The summed E-state index contributed by atoms with van der Waals surface area (Å²) in [5.74, 6) is 1.62. The van der Waals surface area contributed by atoms with Gasteiger partial charge in [0.05, 0.1) is 12.7 Å². The van der Waals surface area contributed by atoms with Gasteiger partial charge in [-0.05, 0) is 24.7 Å². The van der Waals surface area contributed by atoms with Crippen LogP contribution in [0, 0.1) is 11.8 Å². The van der Waals surface area contributed by atoms with Crippen molar-refractivity contribution >= 4 is 0 Å². The third-order valence-electron chi connectivity index (χ3n) is 2.70. The molecule has 0 radical (unpaired) electrons. The molecule has 0 saturated carbocycles. The summed E-state index contributed by atoms with van der Waals surface area (Å²) >= 11 is 0. The van der Waals surface area contributed by atoms with E-state index in [4.69, 9.17) is 9.47 Å². The molecule has 0 aromatic carbocycles. The van der Waals surface area contributed by atoms with E-state index in [-0.39, 0.29) is 0 Å². The van der Waals surface area contributed by atoms with Gasteiger partial charge in [0.25, 0.3) is 0 Å². The number of hydrogen-bond donors (Lipinski definition) is 0. The summed E-state index contributed by atoms with van der Waals surface area (Å²) in [6.07, 6.45) is 2.74. The van der Waals surface area contributed by atoms with Crippen LogP contribution in [0.25, 0.3) is 0 Å². The number of methoxy groups -OCH3 is 1. The average Bonchev–Trinajstić information content (AvgIpc) is 2.05. The lowest BCUT2D eigenvalue weighted by atomic mass is 9.86. The third kappa shape index (κ3) is 2.76. The average molecular weight is 172 g/mol. The lowest BCUT2D eigenvalue weighted by molar-refractivity contribution is -0.0545. The van der Waals surface area contributed by atoms with Crippen LogP contribution in [0.3, 0.4) is 0 Å². The van der Waals surface area contributed by atoms with Crippen LogP contribution >= 0.6 is 0 Å². The predicted molar refractivity (Wildman–Crippen MR) is 49.2 cm³/mol. The Morgan fingerprint density at radius 2 is 2.25 bits per heavy atom. The highest BCUT2D eigenvalue weighted by atomic mass is 16.5. The van der Waals surface area contributed by atoms with Crippen molar-refractivity contribution in [3.63, 3.8) is 0 Å². The highest BCUT2D eigenvalue weighted by Crippen LogP contribution is 2.26. The molecule has 1 saturated heterocycles. The first-order valence-electron chi connectivity index (χ1n) is 4.84. The molecule has 72 valence electrons. The predicted octanol–water partition coefficient (Wildman–Crippen LogP) is 2.08. The van der Waals surface area contributed by atoms with E-state index < -0.39 is 0 Å². The van der Waals surface area contributed by atoms with Gasteiger partial charge in [0.1, 0.15) is 0 Å². The Hall–Kier alpha value is -0.0800. The fourth-order valence-electron chi connectivity index (χ4n) is 1.82. The van der Waals surface area contributed by atoms with Crippen LogP contribution in [0.15, 0.2) is 0 Å². The summed E-state index contributed by atoms with van der Waals surface area (Å²) in [6.45, 7) is 6.25. The smallest absolute Gasteiger partial charge is 0.0811 e. The molecule has 2 unspecified atom stereocenters. The van der Waals surface area contributed by atoms with Crippen LogP contribution in [-0.4, -0.2) is 26.4 Å². The fourth-order valence-corrected chi connectivity index (χ4v) is 1.82. The SMILES string of the molecule is COCC1CC(C(C)C)CCO1. The van der Waals surface area contributed by atoms with Gasteiger partial charge in [-0.2, -0.15) is 0 Å². The minimum atomic E-state index is 0.344. The van der Waals surface area contributed by atoms with E-state index in [1.54, 1.807) is 7.11 Å². The molecule has 0 spiro atoms. The molecule has 1 fully saturated rings. The van der Waals surface area contributed by atoms with Crippen molar-refractivity contribution in [1.82, 2.24) is 0 Å². The molecule has 2 atom stereocenters. The van der Waals surface area contributed by atoms with Gasteiger partial charge in [-0.3, -0.25) is 0 Å². The molecule has 0 amide bonds. The summed E-state index contributed by atoms with van der Waals surface area (Å²) in [4.78, 5) is 0. The molecule has 1 aliphatic heterocycles. The Morgan fingerprint density at radius 1 is 1.50 bits per heavy atom. The minimum Gasteiger partial charge on any atom is -0.382 e.